The standard InChI is InChI=1S/C10H24N2OSi/c1-10(2)13-14-9-3-6-12-7-4-11-5-8-12/h10-11H,3-9,14H2,1-2H3. The zero-order valence-corrected chi connectivity index (χ0v) is 11.0. The van der Waals surface area contributed by atoms with Gasteiger partial charge in [0, 0.05) is 32.3 Å². The fraction of sp³-hybridized carbons (Fsp3) is 1.00. The average Bonchev–Trinajstić information content (AvgIpc) is 2.18. The summed E-state index contributed by atoms with van der Waals surface area (Å²) < 4.78 is 5.64. The van der Waals surface area contributed by atoms with E-state index in [9.17, 15) is 0 Å². The fourth-order valence-electron chi connectivity index (χ4n) is 1.69. The Morgan fingerprint density at radius 3 is 2.71 bits per heavy atom. The van der Waals surface area contributed by atoms with Crippen molar-refractivity contribution in [2.75, 3.05) is 32.7 Å². The predicted molar refractivity (Wildman–Crippen MR) is 63.5 cm³/mol. The summed E-state index contributed by atoms with van der Waals surface area (Å²) in [6, 6.07) is 1.34. The van der Waals surface area contributed by atoms with Crippen molar-refractivity contribution >= 4 is 9.76 Å². The SMILES string of the molecule is CC(C)O[SiH2]CCCN1CCNCC1. The molecule has 1 saturated heterocycles. The smallest absolute Gasteiger partial charge is 0.161 e. The van der Waals surface area contributed by atoms with Crippen LogP contribution >= 0.6 is 0 Å². The molecule has 0 unspecified atom stereocenters. The zero-order chi connectivity index (χ0) is 10.2. The van der Waals surface area contributed by atoms with E-state index in [4.69, 9.17) is 4.43 Å². The van der Waals surface area contributed by atoms with Crippen LogP contribution in [0.15, 0.2) is 0 Å². The van der Waals surface area contributed by atoms with Crippen molar-refractivity contribution in [2.24, 2.45) is 0 Å². The van der Waals surface area contributed by atoms with E-state index in [0.29, 0.717) is 6.10 Å². The van der Waals surface area contributed by atoms with E-state index in [-0.39, 0.29) is 9.76 Å². The molecule has 0 aromatic heterocycles. The molecule has 0 amide bonds. The minimum Gasteiger partial charge on any atom is -0.422 e. The van der Waals surface area contributed by atoms with Crippen LogP contribution in [0.1, 0.15) is 20.3 Å². The fourth-order valence-corrected chi connectivity index (χ4v) is 2.76. The Labute approximate surface area is 90.1 Å². The molecule has 1 aliphatic heterocycles. The molecule has 3 nitrogen and oxygen atoms in total. The lowest BCUT2D eigenvalue weighted by molar-refractivity contribution is 0.235. The second-order valence-electron chi connectivity index (χ2n) is 4.22. The highest BCUT2D eigenvalue weighted by molar-refractivity contribution is 6.27. The Kier molecular flexibility index (Phi) is 6.43. The van der Waals surface area contributed by atoms with Crippen molar-refractivity contribution in [1.29, 1.82) is 0 Å². The van der Waals surface area contributed by atoms with Gasteiger partial charge in [0.05, 0.1) is 0 Å². The first-order chi connectivity index (χ1) is 6.79. The molecule has 0 atom stereocenters. The first-order valence-corrected chi connectivity index (χ1v) is 7.41. The molecule has 0 saturated carbocycles. The molecule has 0 radical (unpaired) electrons. The Hall–Kier alpha value is 0.0969. The van der Waals surface area contributed by atoms with Crippen LogP contribution in [0.25, 0.3) is 0 Å². The third kappa shape index (κ3) is 5.75. The van der Waals surface area contributed by atoms with Gasteiger partial charge in [0.2, 0.25) is 0 Å². The molecular weight excluding hydrogens is 192 g/mol. The second-order valence-corrected chi connectivity index (χ2v) is 5.67. The molecule has 1 aliphatic rings. The highest BCUT2D eigenvalue weighted by Crippen LogP contribution is 1.98. The van der Waals surface area contributed by atoms with Gasteiger partial charge < -0.3 is 14.6 Å². The van der Waals surface area contributed by atoms with Crippen LogP contribution in [-0.2, 0) is 4.43 Å². The molecule has 1 heterocycles. The highest BCUT2D eigenvalue weighted by Gasteiger charge is 2.08. The number of rotatable bonds is 6. The first-order valence-electron chi connectivity index (χ1n) is 5.83. The number of hydrogen-bond donors (Lipinski definition) is 1. The van der Waals surface area contributed by atoms with Crippen molar-refractivity contribution in [3.8, 4) is 0 Å². The predicted octanol–water partition coefficient (Wildman–Crippen LogP) is 0.209. The van der Waals surface area contributed by atoms with Gasteiger partial charge in [-0.25, -0.2) is 0 Å². The summed E-state index contributed by atoms with van der Waals surface area (Å²) in [6.07, 6.45) is 1.78. The summed E-state index contributed by atoms with van der Waals surface area (Å²) in [5.74, 6) is 0. The first kappa shape index (κ1) is 12.2. The quantitative estimate of drug-likeness (QED) is 0.507. The van der Waals surface area contributed by atoms with Crippen LogP contribution in [0.4, 0.5) is 0 Å². The average molecular weight is 216 g/mol. The van der Waals surface area contributed by atoms with E-state index in [0.717, 1.165) is 0 Å². The molecule has 0 bridgehead atoms. The zero-order valence-electron chi connectivity index (χ0n) is 9.59. The monoisotopic (exact) mass is 216 g/mol. The maximum Gasteiger partial charge on any atom is 0.161 e. The Balaban J connectivity index is 1.87. The topological polar surface area (TPSA) is 24.5 Å². The van der Waals surface area contributed by atoms with Crippen molar-refractivity contribution in [2.45, 2.75) is 32.4 Å². The van der Waals surface area contributed by atoms with E-state index in [1.807, 2.05) is 0 Å². The van der Waals surface area contributed by atoms with Gasteiger partial charge in [0.25, 0.3) is 0 Å². The summed E-state index contributed by atoms with van der Waals surface area (Å²) in [5, 5.41) is 3.37. The van der Waals surface area contributed by atoms with Gasteiger partial charge >= 0.3 is 0 Å². The molecule has 0 aromatic rings. The molecule has 1 N–H and O–H groups in total. The molecule has 4 heteroatoms. The summed E-state index contributed by atoms with van der Waals surface area (Å²) in [5.41, 5.74) is 0. The Bertz CT molecular complexity index is 138. The van der Waals surface area contributed by atoms with E-state index in [2.05, 4.69) is 24.1 Å². The van der Waals surface area contributed by atoms with Crippen molar-refractivity contribution in [3.63, 3.8) is 0 Å². The summed E-state index contributed by atoms with van der Waals surface area (Å²) in [7, 11) is -0.225. The molecule has 0 spiro atoms. The van der Waals surface area contributed by atoms with Gasteiger partial charge in [-0.15, -0.1) is 0 Å². The Morgan fingerprint density at radius 1 is 1.36 bits per heavy atom. The van der Waals surface area contributed by atoms with Gasteiger partial charge in [0.1, 0.15) is 0 Å². The third-order valence-corrected chi connectivity index (χ3v) is 4.22. The van der Waals surface area contributed by atoms with Crippen molar-refractivity contribution < 1.29 is 4.43 Å². The lowest BCUT2D eigenvalue weighted by Gasteiger charge is -2.27. The van der Waals surface area contributed by atoms with E-state index in [1.165, 1.54) is 45.2 Å². The molecule has 1 fully saturated rings. The lowest BCUT2D eigenvalue weighted by atomic mass is 10.3. The van der Waals surface area contributed by atoms with Crippen LogP contribution in [0.3, 0.4) is 0 Å². The van der Waals surface area contributed by atoms with Crippen LogP contribution in [-0.4, -0.2) is 53.5 Å². The molecule has 84 valence electrons. The van der Waals surface area contributed by atoms with Gasteiger partial charge in [-0.3, -0.25) is 0 Å². The van der Waals surface area contributed by atoms with Crippen molar-refractivity contribution in [1.82, 2.24) is 10.2 Å². The van der Waals surface area contributed by atoms with Crippen LogP contribution in [0.5, 0.6) is 0 Å². The van der Waals surface area contributed by atoms with Gasteiger partial charge in [-0.2, -0.15) is 0 Å². The van der Waals surface area contributed by atoms with E-state index >= 15 is 0 Å². The maximum atomic E-state index is 5.64. The molecule has 0 aromatic carbocycles. The lowest BCUT2D eigenvalue weighted by Crippen LogP contribution is -2.43. The summed E-state index contributed by atoms with van der Waals surface area (Å²) >= 11 is 0. The van der Waals surface area contributed by atoms with Gasteiger partial charge in [-0.1, -0.05) is 0 Å². The minimum absolute atomic E-state index is 0.225. The number of hydrogen-bond acceptors (Lipinski definition) is 3. The normalized spacial score (nSPS) is 19.9. The Morgan fingerprint density at radius 2 is 2.07 bits per heavy atom. The third-order valence-electron chi connectivity index (χ3n) is 2.53. The van der Waals surface area contributed by atoms with E-state index in [1.54, 1.807) is 0 Å². The van der Waals surface area contributed by atoms with Crippen molar-refractivity contribution in [3.05, 3.63) is 0 Å². The highest BCUT2D eigenvalue weighted by atomic mass is 28.2. The maximum absolute atomic E-state index is 5.64. The molecule has 14 heavy (non-hydrogen) atoms. The second kappa shape index (κ2) is 7.40. The molecular formula is C10H24N2OSi. The van der Waals surface area contributed by atoms with Gasteiger partial charge in [0.15, 0.2) is 9.76 Å². The van der Waals surface area contributed by atoms with E-state index < -0.39 is 0 Å². The number of piperazine rings is 1. The molecule has 0 aliphatic carbocycles. The minimum atomic E-state index is -0.225. The number of nitrogens with zero attached hydrogens (tertiary/aromatic N) is 1. The largest absolute Gasteiger partial charge is 0.422 e. The summed E-state index contributed by atoms with van der Waals surface area (Å²) in [4.78, 5) is 2.56. The summed E-state index contributed by atoms with van der Waals surface area (Å²) in [6.45, 7) is 10.3. The van der Waals surface area contributed by atoms with Gasteiger partial charge in [-0.05, 0) is 32.9 Å². The van der Waals surface area contributed by atoms with Crippen LogP contribution < -0.4 is 5.32 Å². The van der Waals surface area contributed by atoms with Crippen LogP contribution in [0, 0.1) is 0 Å². The molecule has 1 rings (SSSR count). The van der Waals surface area contributed by atoms with Crippen LogP contribution in [0.2, 0.25) is 6.04 Å². The number of nitrogens with one attached hydrogen (secondary N) is 1.